The molecule has 0 saturated carbocycles. The second-order valence-electron chi connectivity index (χ2n) is 5.47. The molecule has 0 radical (unpaired) electrons. The van der Waals surface area contributed by atoms with Gasteiger partial charge in [-0.2, -0.15) is 0 Å². The van der Waals surface area contributed by atoms with Gasteiger partial charge in [0.2, 0.25) is 0 Å². The predicted octanol–water partition coefficient (Wildman–Crippen LogP) is 5.13. The molecular weight excluding hydrogens is 315 g/mol. The minimum Gasteiger partial charge on any atom is -0.417 e. The Balaban J connectivity index is 3.67. The molecule has 0 spiro atoms. The minimum atomic E-state index is -1.49. The number of allylic oxidation sites excluding steroid dienone is 1. The minimum absolute atomic E-state index is 0.342. The van der Waals surface area contributed by atoms with E-state index in [1.54, 1.807) is 0 Å². The van der Waals surface area contributed by atoms with Gasteiger partial charge in [-0.25, -0.2) is 0 Å². The summed E-state index contributed by atoms with van der Waals surface area (Å²) in [5.41, 5.74) is 0. The molecule has 0 rings (SSSR count). The molecule has 0 aliphatic carbocycles. The van der Waals surface area contributed by atoms with Gasteiger partial charge in [0.25, 0.3) is 0 Å². The van der Waals surface area contributed by atoms with Crippen molar-refractivity contribution in [3.63, 3.8) is 0 Å². The van der Waals surface area contributed by atoms with E-state index in [-0.39, 0.29) is 0 Å². The van der Waals surface area contributed by atoms with Gasteiger partial charge in [0.05, 0.1) is 0 Å². The van der Waals surface area contributed by atoms with Crippen LogP contribution in [0.4, 0.5) is 0 Å². The molecule has 15 heavy (non-hydrogen) atoms. The lowest BCUT2D eigenvalue weighted by molar-refractivity contribution is 0.279. The first-order chi connectivity index (χ1) is 6.81. The van der Waals surface area contributed by atoms with Crippen LogP contribution in [-0.2, 0) is 4.43 Å². The van der Waals surface area contributed by atoms with Crippen molar-refractivity contribution in [2.75, 3.05) is 6.61 Å². The van der Waals surface area contributed by atoms with E-state index in [1.165, 1.54) is 19.3 Å². The van der Waals surface area contributed by atoms with Crippen molar-refractivity contribution < 1.29 is 4.43 Å². The maximum absolute atomic E-state index is 6.09. The molecule has 0 heterocycles. The fraction of sp³-hybridized carbons (Fsp3) is 0.833. The van der Waals surface area contributed by atoms with Crippen LogP contribution in [0.3, 0.4) is 0 Å². The average molecular weight is 340 g/mol. The molecule has 0 aromatic heterocycles. The second-order valence-corrected chi connectivity index (χ2v) is 11.0. The summed E-state index contributed by atoms with van der Waals surface area (Å²) < 4.78 is 8.18. The third kappa shape index (κ3) is 6.74. The SMILES string of the molecule is CC(C)(C)[Si](C)(C)OCCCCC=CI. The zero-order valence-corrected chi connectivity index (χ0v) is 13.9. The Labute approximate surface area is 110 Å². The Morgan fingerprint density at radius 1 is 1.20 bits per heavy atom. The van der Waals surface area contributed by atoms with E-state index in [2.05, 4.69) is 66.6 Å². The van der Waals surface area contributed by atoms with E-state index in [4.69, 9.17) is 4.43 Å². The Kier molecular flexibility index (Phi) is 7.37. The lowest BCUT2D eigenvalue weighted by Crippen LogP contribution is -2.40. The van der Waals surface area contributed by atoms with E-state index in [9.17, 15) is 0 Å². The number of hydrogen-bond donors (Lipinski definition) is 0. The molecule has 0 aliphatic heterocycles. The maximum atomic E-state index is 6.09. The molecule has 0 saturated heterocycles. The highest BCUT2D eigenvalue weighted by Crippen LogP contribution is 2.36. The van der Waals surface area contributed by atoms with E-state index < -0.39 is 8.32 Å². The van der Waals surface area contributed by atoms with Gasteiger partial charge in [-0.3, -0.25) is 0 Å². The summed E-state index contributed by atoms with van der Waals surface area (Å²) in [7, 11) is -1.49. The molecule has 0 fully saturated rings. The Morgan fingerprint density at radius 2 is 1.80 bits per heavy atom. The molecule has 0 aliphatic rings. The highest BCUT2D eigenvalue weighted by molar-refractivity contribution is 14.1. The largest absolute Gasteiger partial charge is 0.417 e. The van der Waals surface area contributed by atoms with Crippen LogP contribution in [-0.4, -0.2) is 14.9 Å². The van der Waals surface area contributed by atoms with Crippen LogP contribution in [0, 0.1) is 0 Å². The fourth-order valence-electron chi connectivity index (χ4n) is 0.971. The standard InChI is InChI=1S/C12H25IOSi/c1-12(2,3)15(4,5)14-11-9-7-6-8-10-13/h8,10H,6-7,9,11H2,1-5H3. The normalized spacial score (nSPS) is 13.7. The molecular formula is C12H25IOSi. The third-order valence-electron chi connectivity index (χ3n) is 3.12. The van der Waals surface area contributed by atoms with Crippen LogP contribution in [0.1, 0.15) is 40.0 Å². The van der Waals surface area contributed by atoms with Crippen molar-refractivity contribution in [2.24, 2.45) is 0 Å². The Hall–Kier alpha value is 0.647. The predicted molar refractivity (Wildman–Crippen MR) is 80.2 cm³/mol. The summed E-state index contributed by atoms with van der Waals surface area (Å²) in [6.45, 7) is 12.4. The Morgan fingerprint density at radius 3 is 2.27 bits per heavy atom. The topological polar surface area (TPSA) is 9.23 Å². The lowest BCUT2D eigenvalue weighted by Gasteiger charge is -2.36. The van der Waals surface area contributed by atoms with E-state index in [0.717, 1.165) is 6.61 Å². The quantitative estimate of drug-likeness (QED) is 0.370. The molecule has 0 unspecified atom stereocenters. The van der Waals surface area contributed by atoms with Gasteiger partial charge < -0.3 is 4.43 Å². The highest BCUT2D eigenvalue weighted by Gasteiger charge is 2.36. The zero-order chi connectivity index (χ0) is 11.9. The smallest absolute Gasteiger partial charge is 0.191 e. The number of unbranched alkanes of at least 4 members (excludes halogenated alkanes) is 2. The maximum Gasteiger partial charge on any atom is 0.191 e. The zero-order valence-electron chi connectivity index (χ0n) is 10.8. The van der Waals surface area contributed by atoms with Gasteiger partial charge >= 0.3 is 0 Å². The molecule has 1 nitrogen and oxygen atoms in total. The van der Waals surface area contributed by atoms with Gasteiger partial charge in [0.15, 0.2) is 8.32 Å². The summed E-state index contributed by atoms with van der Waals surface area (Å²) in [5, 5.41) is 0.342. The molecule has 0 amide bonds. The number of hydrogen-bond acceptors (Lipinski definition) is 1. The first-order valence-electron chi connectivity index (χ1n) is 5.70. The summed E-state index contributed by atoms with van der Waals surface area (Å²) in [4.78, 5) is 0. The summed E-state index contributed by atoms with van der Waals surface area (Å²) in [6, 6.07) is 0. The summed E-state index contributed by atoms with van der Waals surface area (Å²) in [6.07, 6.45) is 5.83. The fourth-order valence-corrected chi connectivity index (χ4v) is 2.42. The number of halogens is 1. The van der Waals surface area contributed by atoms with Crippen molar-refractivity contribution >= 4 is 30.9 Å². The van der Waals surface area contributed by atoms with Crippen LogP contribution < -0.4 is 0 Å². The molecule has 0 aromatic carbocycles. The molecule has 0 N–H and O–H groups in total. The summed E-state index contributed by atoms with van der Waals surface area (Å²) in [5.74, 6) is 0. The molecule has 90 valence electrons. The van der Waals surface area contributed by atoms with Crippen molar-refractivity contribution in [3.8, 4) is 0 Å². The van der Waals surface area contributed by atoms with Crippen LogP contribution in [0.15, 0.2) is 10.2 Å². The Bertz CT molecular complexity index is 194. The van der Waals surface area contributed by atoms with Crippen molar-refractivity contribution in [3.05, 3.63) is 10.2 Å². The van der Waals surface area contributed by atoms with Crippen molar-refractivity contribution in [1.82, 2.24) is 0 Å². The van der Waals surface area contributed by atoms with E-state index >= 15 is 0 Å². The first-order valence-corrected chi connectivity index (χ1v) is 9.86. The van der Waals surface area contributed by atoms with E-state index in [0.29, 0.717) is 5.04 Å². The monoisotopic (exact) mass is 340 g/mol. The van der Waals surface area contributed by atoms with Gasteiger partial charge in [-0.1, -0.05) is 49.4 Å². The lowest BCUT2D eigenvalue weighted by atomic mass is 10.2. The van der Waals surface area contributed by atoms with Crippen molar-refractivity contribution in [1.29, 1.82) is 0 Å². The first kappa shape index (κ1) is 15.6. The van der Waals surface area contributed by atoms with Gasteiger partial charge in [-0.15, -0.1) is 0 Å². The molecule has 0 bridgehead atoms. The molecule has 0 atom stereocenters. The number of rotatable bonds is 6. The summed E-state index contributed by atoms with van der Waals surface area (Å²) >= 11 is 2.27. The van der Waals surface area contributed by atoms with Crippen LogP contribution in [0.5, 0.6) is 0 Å². The van der Waals surface area contributed by atoms with Crippen molar-refractivity contribution in [2.45, 2.75) is 58.2 Å². The van der Waals surface area contributed by atoms with Gasteiger partial charge in [-0.05, 0) is 41.5 Å². The molecule has 0 aromatic rings. The third-order valence-corrected chi connectivity index (χ3v) is 8.17. The highest BCUT2D eigenvalue weighted by atomic mass is 127. The van der Waals surface area contributed by atoms with Crippen LogP contribution in [0.2, 0.25) is 18.1 Å². The van der Waals surface area contributed by atoms with Gasteiger partial charge in [0, 0.05) is 6.61 Å². The second kappa shape index (κ2) is 7.07. The molecule has 3 heteroatoms. The van der Waals surface area contributed by atoms with Gasteiger partial charge in [0.1, 0.15) is 0 Å². The van der Waals surface area contributed by atoms with Crippen LogP contribution in [0.25, 0.3) is 0 Å². The van der Waals surface area contributed by atoms with E-state index in [1.807, 2.05) is 0 Å². The average Bonchev–Trinajstić information content (AvgIpc) is 2.09. The van der Waals surface area contributed by atoms with Crippen LogP contribution >= 0.6 is 22.6 Å².